The quantitative estimate of drug-likeness (QED) is 0.381. The van der Waals surface area contributed by atoms with Gasteiger partial charge in [0.25, 0.3) is 0 Å². The van der Waals surface area contributed by atoms with E-state index in [-0.39, 0.29) is 68.4 Å². The van der Waals surface area contributed by atoms with Crippen molar-refractivity contribution in [3.63, 3.8) is 0 Å². The van der Waals surface area contributed by atoms with Gasteiger partial charge in [-0.1, -0.05) is 12.1 Å². The third-order valence-corrected chi connectivity index (χ3v) is 5.32. The molecule has 0 aliphatic rings. The molecule has 6 nitrogen and oxygen atoms in total. The number of phenolic OH excluding ortho intramolecular Hbond substituents is 1. The molecule has 34 heavy (non-hydrogen) atoms. The molecule has 0 radical (unpaired) electrons. The number of fused-ring (bicyclic) bond motifs is 1. The summed E-state index contributed by atoms with van der Waals surface area (Å²) in [6, 6.07) is 17.1. The van der Waals surface area contributed by atoms with Crippen molar-refractivity contribution in [1.29, 1.82) is 5.26 Å². The molecule has 9 heteroatoms. The molecule has 0 aliphatic carbocycles. The minimum atomic E-state index is -0.732. The van der Waals surface area contributed by atoms with Gasteiger partial charge in [0.1, 0.15) is 29.1 Å². The van der Waals surface area contributed by atoms with E-state index in [4.69, 9.17) is 10.2 Å². The van der Waals surface area contributed by atoms with Crippen LogP contribution in [0.5, 0.6) is 5.75 Å². The van der Waals surface area contributed by atoms with Gasteiger partial charge in [0.05, 0.1) is 22.6 Å². The maximum absolute atomic E-state index is 14.7. The predicted molar refractivity (Wildman–Crippen MR) is 125 cm³/mol. The minimum absolute atomic E-state index is 0. The Labute approximate surface area is 236 Å². The number of para-hydroxylation sites is 1. The van der Waals surface area contributed by atoms with E-state index in [0.29, 0.717) is 39.4 Å². The van der Waals surface area contributed by atoms with E-state index in [1.807, 2.05) is 6.07 Å². The zero-order valence-corrected chi connectivity index (χ0v) is 17.3. The summed E-state index contributed by atoms with van der Waals surface area (Å²) in [6.45, 7) is 1.71. The van der Waals surface area contributed by atoms with Crippen LogP contribution in [0.15, 0.2) is 66.9 Å². The van der Waals surface area contributed by atoms with Gasteiger partial charge in [-0.2, -0.15) is 10.4 Å². The van der Waals surface area contributed by atoms with Crippen molar-refractivity contribution in [2.45, 2.75) is 6.92 Å². The van der Waals surface area contributed by atoms with Crippen LogP contribution in [-0.2, 0) is 0 Å². The Morgan fingerprint density at radius 2 is 1.79 bits per heavy atom. The summed E-state index contributed by atoms with van der Waals surface area (Å²) in [5.41, 5.74) is 3.78. The van der Waals surface area contributed by atoms with Gasteiger partial charge in [0, 0.05) is 29.0 Å². The maximum atomic E-state index is 14.7. The first-order valence-corrected chi connectivity index (χ1v) is 9.97. The standard InChI is InChI=1S/C25H15F2N5O.K.H/c1-14-24(18-9-7-16(26)10-20(18)27)25-30-21(15-6-8-17(12-28)29-13-15)11-22(32(25)31-14)19-4-2-3-5-23(19)33;;/h2-11,13,33H,1H3;;. The summed E-state index contributed by atoms with van der Waals surface area (Å²) < 4.78 is 29.8. The molecule has 0 fully saturated rings. The second-order valence-corrected chi connectivity index (χ2v) is 7.41. The molecule has 0 saturated carbocycles. The molecule has 0 atom stereocenters. The summed E-state index contributed by atoms with van der Waals surface area (Å²) in [7, 11) is 0. The van der Waals surface area contributed by atoms with E-state index in [1.165, 1.54) is 22.8 Å². The van der Waals surface area contributed by atoms with Crippen LogP contribution in [0.1, 0.15) is 11.4 Å². The monoisotopic (exact) mass is 479 g/mol. The summed E-state index contributed by atoms with van der Waals surface area (Å²) in [4.78, 5) is 8.82. The molecule has 1 N–H and O–H groups in total. The Hall–Kier alpha value is -3.00. The number of phenols is 1. The van der Waals surface area contributed by atoms with E-state index in [9.17, 15) is 13.9 Å². The molecule has 0 unspecified atom stereocenters. The Bertz CT molecular complexity index is 1580. The summed E-state index contributed by atoms with van der Waals surface area (Å²) >= 11 is 0. The number of rotatable bonds is 3. The van der Waals surface area contributed by atoms with Crippen molar-refractivity contribution in [2.24, 2.45) is 0 Å². The number of aryl methyl sites for hydroxylation is 1. The number of pyridine rings is 1. The summed E-state index contributed by atoms with van der Waals surface area (Å²) in [5.74, 6) is -1.38. The molecule has 0 spiro atoms. The molecule has 3 aromatic heterocycles. The molecule has 5 rings (SSSR count). The average molecular weight is 480 g/mol. The van der Waals surface area contributed by atoms with E-state index < -0.39 is 11.6 Å². The molecule has 0 aliphatic heterocycles. The van der Waals surface area contributed by atoms with Crippen LogP contribution >= 0.6 is 0 Å². The first-order chi connectivity index (χ1) is 16.0. The Kier molecular flexibility index (Phi) is 6.88. The van der Waals surface area contributed by atoms with Gasteiger partial charge in [0.15, 0.2) is 5.65 Å². The van der Waals surface area contributed by atoms with E-state index >= 15 is 0 Å². The van der Waals surface area contributed by atoms with Crippen molar-refractivity contribution in [3.05, 3.63) is 89.9 Å². The molecule has 0 amide bonds. The normalized spacial score (nSPS) is 10.6. The fraction of sp³-hybridized carbons (Fsp3) is 0.0400. The van der Waals surface area contributed by atoms with Crippen molar-refractivity contribution >= 4 is 57.0 Å². The molecular weight excluding hydrogens is 463 g/mol. The Morgan fingerprint density at radius 1 is 1.00 bits per heavy atom. The third kappa shape index (κ3) is 4.27. The van der Waals surface area contributed by atoms with Gasteiger partial charge in [-0.3, -0.25) is 0 Å². The van der Waals surface area contributed by atoms with E-state index in [2.05, 4.69) is 10.1 Å². The van der Waals surface area contributed by atoms with Gasteiger partial charge in [-0.05, 0) is 49.4 Å². The van der Waals surface area contributed by atoms with Crippen LogP contribution in [0.4, 0.5) is 8.78 Å². The topological polar surface area (TPSA) is 87.1 Å². The van der Waals surface area contributed by atoms with Crippen LogP contribution in [-0.4, -0.2) is 76.1 Å². The van der Waals surface area contributed by atoms with E-state index in [0.717, 1.165) is 6.07 Å². The SMILES string of the molecule is Cc1nn2c(-c3ccccc3O)cc(-c3ccc(C#N)nc3)nc2c1-c1ccc(F)cc1F.[KH]. The molecule has 0 bridgehead atoms. The van der Waals surface area contributed by atoms with E-state index in [1.54, 1.807) is 49.4 Å². The number of nitriles is 1. The fourth-order valence-corrected chi connectivity index (χ4v) is 3.77. The zero-order valence-electron chi connectivity index (χ0n) is 17.3. The second-order valence-electron chi connectivity index (χ2n) is 7.41. The Balaban J connectivity index is 0.00000274. The van der Waals surface area contributed by atoms with Gasteiger partial charge in [-0.15, -0.1) is 0 Å². The van der Waals surface area contributed by atoms with Gasteiger partial charge in [-0.25, -0.2) is 23.3 Å². The van der Waals surface area contributed by atoms with Crippen LogP contribution in [0.3, 0.4) is 0 Å². The van der Waals surface area contributed by atoms with Crippen molar-refractivity contribution in [3.8, 4) is 45.5 Å². The van der Waals surface area contributed by atoms with Crippen molar-refractivity contribution in [1.82, 2.24) is 19.6 Å². The number of hydrogen-bond donors (Lipinski definition) is 1. The van der Waals surface area contributed by atoms with Crippen LogP contribution in [0.25, 0.3) is 39.3 Å². The number of aromatic hydroxyl groups is 1. The first-order valence-electron chi connectivity index (χ1n) is 9.97. The molecule has 0 saturated heterocycles. The molecule has 3 heterocycles. The molecule has 162 valence electrons. The number of benzene rings is 2. The molecule has 5 aromatic rings. The van der Waals surface area contributed by atoms with Crippen LogP contribution in [0, 0.1) is 29.9 Å². The van der Waals surface area contributed by atoms with Gasteiger partial charge in [0.2, 0.25) is 0 Å². The first kappa shape index (κ1) is 24.1. The van der Waals surface area contributed by atoms with Crippen molar-refractivity contribution in [2.75, 3.05) is 0 Å². The summed E-state index contributed by atoms with van der Waals surface area (Å²) in [5, 5.41) is 24.1. The number of halogens is 2. The van der Waals surface area contributed by atoms with Crippen LogP contribution < -0.4 is 0 Å². The fourth-order valence-electron chi connectivity index (χ4n) is 3.77. The predicted octanol–water partition coefficient (Wildman–Crippen LogP) is 4.64. The molecule has 2 aromatic carbocycles. The Morgan fingerprint density at radius 3 is 2.47 bits per heavy atom. The summed E-state index contributed by atoms with van der Waals surface area (Å²) in [6.07, 6.45) is 1.52. The van der Waals surface area contributed by atoms with Gasteiger partial charge >= 0.3 is 51.4 Å². The zero-order chi connectivity index (χ0) is 23.1. The van der Waals surface area contributed by atoms with Gasteiger partial charge < -0.3 is 5.11 Å². The number of nitrogens with zero attached hydrogens (tertiary/aromatic N) is 5. The van der Waals surface area contributed by atoms with Crippen LogP contribution in [0.2, 0.25) is 0 Å². The number of hydrogen-bond acceptors (Lipinski definition) is 5. The third-order valence-electron chi connectivity index (χ3n) is 5.32. The van der Waals surface area contributed by atoms with Crippen molar-refractivity contribution < 1.29 is 13.9 Å². The number of aromatic nitrogens is 4. The second kappa shape index (κ2) is 9.70. The average Bonchev–Trinajstić information content (AvgIpc) is 3.15. The molecular formula is C25H16F2KN5O.